The van der Waals surface area contributed by atoms with Gasteiger partial charge in [-0.3, -0.25) is 10.1 Å². The van der Waals surface area contributed by atoms with E-state index in [-0.39, 0.29) is 25.0 Å². The molecule has 2 rings (SSSR count). The smallest absolute Gasteiger partial charge is 0.324 e. The lowest BCUT2D eigenvalue weighted by molar-refractivity contribution is -0.118. The molecule has 0 atom stereocenters. The Kier molecular flexibility index (Phi) is 1.95. The topological polar surface area (TPSA) is 75.4 Å². The van der Waals surface area contributed by atoms with Gasteiger partial charge in [-0.05, 0) is 6.92 Å². The number of carbonyl (C=O) groups excluding carboxylic acids is 2. The molecule has 74 valence electrons. The van der Waals surface area contributed by atoms with Crippen molar-refractivity contribution in [1.29, 1.82) is 0 Å². The van der Waals surface area contributed by atoms with E-state index in [1.165, 1.54) is 4.90 Å². The Morgan fingerprint density at radius 2 is 2.43 bits per heavy atom. The highest BCUT2D eigenvalue weighted by Gasteiger charge is 2.27. The Morgan fingerprint density at radius 1 is 1.64 bits per heavy atom. The SMILES string of the molecule is Cc1cc(CN2CC(=O)NC2=O)on1. The molecule has 0 saturated carbocycles. The average Bonchev–Trinajstić information content (AvgIpc) is 2.61. The maximum Gasteiger partial charge on any atom is 0.324 e. The van der Waals surface area contributed by atoms with Crippen LogP contribution in [0.15, 0.2) is 10.6 Å². The molecule has 1 aromatic heterocycles. The van der Waals surface area contributed by atoms with Crippen molar-refractivity contribution in [3.05, 3.63) is 17.5 Å². The third-order valence-electron chi connectivity index (χ3n) is 1.89. The number of amides is 3. The van der Waals surface area contributed by atoms with Crippen LogP contribution in [0.5, 0.6) is 0 Å². The molecule has 1 saturated heterocycles. The molecule has 0 aromatic carbocycles. The first-order valence-corrected chi connectivity index (χ1v) is 4.16. The summed E-state index contributed by atoms with van der Waals surface area (Å²) in [6, 6.07) is 1.35. The maximum atomic E-state index is 11.1. The second kappa shape index (κ2) is 3.13. The van der Waals surface area contributed by atoms with E-state index in [1.54, 1.807) is 13.0 Å². The Morgan fingerprint density at radius 3 is 2.93 bits per heavy atom. The van der Waals surface area contributed by atoms with Crippen molar-refractivity contribution < 1.29 is 14.1 Å². The van der Waals surface area contributed by atoms with Gasteiger partial charge in [0, 0.05) is 6.07 Å². The molecular formula is C8H9N3O3. The molecule has 0 bridgehead atoms. The number of imide groups is 1. The van der Waals surface area contributed by atoms with E-state index in [1.807, 2.05) is 0 Å². The molecule has 1 aromatic rings. The second-order valence-electron chi connectivity index (χ2n) is 3.14. The van der Waals surface area contributed by atoms with E-state index >= 15 is 0 Å². The van der Waals surface area contributed by atoms with E-state index in [0.717, 1.165) is 5.69 Å². The Labute approximate surface area is 79.8 Å². The van der Waals surface area contributed by atoms with Crippen LogP contribution in [0.25, 0.3) is 0 Å². The summed E-state index contributed by atoms with van der Waals surface area (Å²) in [6.45, 7) is 2.15. The van der Waals surface area contributed by atoms with Crippen molar-refractivity contribution in [2.24, 2.45) is 0 Å². The predicted molar refractivity (Wildman–Crippen MR) is 45.2 cm³/mol. The number of urea groups is 1. The van der Waals surface area contributed by atoms with Gasteiger partial charge >= 0.3 is 6.03 Å². The number of nitrogens with one attached hydrogen (secondary N) is 1. The lowest BCUT2D eigenvalue weighted by Gasteiger charge is -2.09. The molecule has 6 nitrogen and oxygen atoms in total. The van der Waals surface area contributed by atoms with E-state index < -0.39 is 0 Å². The number of rotatable bonds is 2. The first kappa shape index (κ1) is 8.74. The molecule has 0 aliphatic carbocycles. The minimum Gasteiger partial charge on any atom is -0.359 e. The summed E-state index contributed by atoms with van der Waals surface area (Å²) in [6.07, 6.45) is 0. The van der Waals surface area contributed by atoms with Gasteiger partial charge in [0.2, 0.25) is 5.91 Å². The zero-order chi connectivity index (χ0) is 10.1. The molecular weight excluding hydrogens is 186 g/mol. The largest absolute Gasteiger partial charge is 0.359 e. The number of aryl methyl sites for hydroxylation is 1. The van der Waals surface area contributed by atoms with Gasteiger partial charge in [-0.1, -0.05) is 5.16 Å². The van der Waals surface area contributed by atoms with Crippen LogP contribution in [0.1, 0.15) is 11.5 Å². The molecule has 1 aliphatic heterocycles. The molecule has 0 spiro atoms. The van der Waals surface area contributed by atoms with Crippen LogP contribution in [0.4, 0.5) is 4.79 Å². The standard InChI is InChI=1S/C8H9N3O3/c1-5-2-6(14-10-5)3-11-4-7(12)9-8(11)13/h2H,3-4H2,1H3,(H,9,12,13). The monoisotopic (exact) mass is 195 g/mol. The predicted octanol–water partition coefficient (Wildman–Crippen LogP) is 0.0348. The molecule has 6 heteroatoms. The highest BCUT2D eigenvalue weighted by atomic mass is 16.5. The van der Waals surface area contributed by atoms with E-state index in [9.17, 15) is 9.59 Å². The Hall–Kier alpha value is -1.85. The van der Waals surface area contributed by atoms with Crippen molar-refractivity contribution in [2.75, 3.05) is 6.54 Å². The lowest BCUT2D eigenvalue weighted by Crippen LogP contribution is -2.27. The number of aromatic nitrogens is 1. The van der Waals surface area contributed by atoms with Gasteiger partial charge in [-0.25, -0.2) is 4.79 Å². The third kappa shape index (κ3) is 1.59. The van der Waals surface area contributed by atoms with Crippen molar-refractivity contribution in [2.45, 2.75) is 13.5 Å². The summed E-state index contributed by atoms with van der Waals surface area (Å²) in [4.78, 5) is 23.3. The first-order chi connectivity index (χ1) is 6.65. The van der Waals surface area contributed by atoms with E-state index in [4.69, 9.17) is 4.52 Å². The van der Waals surface area contributed by atoms with Gasteiger partial charge in [0.25, 0.3) is 0 Å². The number of hydrogen-bond acceptors (Lipinski definition) is 4. The molecule has 0 radical (unpaired) electrons. The normalized spacial score (nSPS) is 16.2. The summed E-state index contributed by atoms with van der Waals surface area (Å²) in [7, 11) is 0. The van der Waals surface area contributed by atoms with Crippen molar-refractivity contribution in [3.63, 3.8) is 0 Å². The van der Waals surface area contributed by atoms with Crippen LogP contribution >= 0.6 is 0 Å². The number of carbonyl (C=O) groups is 2. The molecule has 0 unspecified atom stereocenters. The quantitative estimate of drug-likeness (QED) is 0.676. The zero-order valence-electron chi connectivity index (χ0n) is 7.61. The summed E-state index contributed by atoms with van der Waals surface area (Å²) >= 11 is 0. The second-order valence-corrected chi connectivity index (χ2v) is 3.14. The molecule has 3 amide bonds. The summed E-state index contributed by atoms with van der Waals surface area (Å²) in [5.74, 6) is 0.290. The van der Waals surface area contributed by atoms with Gasteiger partial charge in [-0.15, -0.1) is 0 Å². The van der Waals surface area contributed by atoms with Crippen molar-refractivity contribution >= 4 is 11.9 Å². The molecule has 1 fully saturated rings. The molecule has 14 heavy (non-hydrogen) atoms. The fourth-order valence-corrected chi connectivity index (χ4v) is 1.29. The Bertz CT molecular complexity index is 385. The van der Waals surface area contributed by atoms with Gasteiger partial charge in [-0.2, -0.15) is 0 Å². The van der Waals surface area contributed by atoms with Crippen molar-refractivity contribution in [1.82, 2.24) is 15.4 Å². The number of hydrogen-bond donors (Lipinski definition) is 1. The fourth-order valence-electron chi connectivity index (χ4n) is 1.29. The molecule has 2 heterocycles. The third-order valence-corrected chi connectivity index (χ3v) is 1.89. The minimum absolute atomic E-state index is 0.0819. The summed E-state index contributed by atoms with van der Waals surface area (Å²) < 4.78 is 4.93. The summed E-state index contributed by atoms with van der Waals surface area (Å²) in [5, 5.41) is 5.86. The highest BCUT2D eigenvalue weighted by molar-refractivity contribution is 6.01. The number of nitrogens with zero attached hydrogens (tertiary/aromatic N) is 2. The van der Waals surface area contributed by atoms with Crippen LogP contribution < -0.4 is 5.32 Å². The van der Waals surface area contributed by atoms with Gasteiger partial charge in [0.1, 0.15) is 6.54 Å². The summed E-state index contributed by atoms with van der Waals surface area (Å²) in [5.41, 5.74) is 0.755. The highest BCUT2D eigenvalue weighted by Crippen LogP contribution is 2.08. The van der Waals surface area contributed by atoms with E-state index in [2.05, 4.69) is 10.5 Å². The van der Waals surface area contributed by atoms with Crippen LogP contribution in [0.2, 0.25) is 0 Å². The molecule has 1 N–H and O–H groups in total. The zero-order valence-corrected chi connectivity index (χ0v) is 7.61. The average molecular weight is 195 g/mol. The van der Waals surface area contributed by atoms with Gasteiger partial charge in [0.05, 0.1) is 12.2 Å². The van der Waals surface area contributed by atoms with Crippen LogP contribution in [-0.2, 0) is 11.3 Å². The molecule has 1 aliphatic rings. The van der Waals surface area contributed by atoms with Crippen LogP contribution in [-0.4, -0.2) is 28.5 Å². The van der Waals surface area contributed by atoms with Gasteiger partial charge in [0.15, 0.2) is 5.76 Å². The van der Waals surface area contributed by atoms with E-state index in [0.29, 0.717) is 5.76 Å². The first-order valence-electron chi connectivity index (χ1n) is 4.16. The maximum absolute atomic E-state index is 11.1. The lowest BCUT2D eigenvalue weighted by atomic mass is 10.3. The fraction of sp³-hybridized carbons (Fsp3) is 0.375. The van der Waals surface area contributed by atoms with Crippen LogP contribution in [0, 0.1) is 6.92 Å². The van der Waals surface area contributed by atoms with Gasteiger partial charge < -0.3 is 9.42 Å². The minimum atomic E-state index is -0.385. The van der Waals surface area contributed by atoms with Crippen LogP contribution in [0.3, 0.4) is 0 Å². The van der Waals surface area contributed by atoms with Crippen molar-refractivity contribution in [3.8, 4) is 0 Å². The Balaban J connectivity index is 2.05.